The van der Waals surface area contributed by atoms with Crippen LogP contribution in [0.2, 0.25) is 0 Å². The lowest BCUT2D eigenvalue weighted by Crippen LogP contribution is -2.34. The third kappa shape index (κ3) is 4.19. The van der Waals surface area contributed by atoms with E-state index in [1.165, 1.54) is 0 Å². The Morgan fingerprint density at radius 2 is 1.83 bits per heavy atom. The van der Waals surface area contributed by atoms with Crippen LogP contribution in [0.1, 0.15) is 38.8 Å². The molecule has 2 aromatic rings. The Labute approximate surface area is 139 Å². The maximum Gasteiger partial charge on any atom is 0.165 e. The Morgan fingerprint density at radius 3 is 2.43 bits per heavy atom. The topological polar surface area (TPSA) is 58.9 Å². The number of fused-ring (bicyclic) bond motifs is 1. The summed E-state index contributed by atoms with van der Waals surface area (Å²) in [6.45, 7) is 13.4. The number of rotatable bonds is 7. The van der Waals surface area contributed by atoms with E-state index in [1.807, 2.05) is 13.8 Å². The number of imidazole rings is 1. The first kappa shape index (κ1) is 17.7. The van der Waals surface area contributed by atoms with Crippen LogP contribution in [0.25, 0.3) is 11.2 Å². The van der Waals surface area contributed by atoms with Gasteiger partial charge in [-0.1, -0.05) is 20.8 Å². The van der Waals surface area contributed by atoms with E-state index in [-0.39, 0.29) is 5.41 Å². The molecule has 0 unspecified atom stereocenters. The molecule has 0 aliphatic carbocycles. The summed E-state index contributed by atoms with van der Waals surface area (Å²) in [5, 5.41) is 3.50. The summed E-state index contributed by atoms with van der Waals surface area (Å²) in [5.41, 5.74) is 1.96. The van der Waals surface area contributed by atoms with Crippen molar-refractivity contribution >= 4 is 17.0 Å². The molecule has 128 valence electrons. The number of hydrogen-bond acceptors (Lipinski definition) is 5. The molecule has 0 bridgehead atoms. The first-order valence-corrected chi connectivity index (χ1v) is 8.33. The first-order valence-electron chi connectivity index (χ1n) is 8.33. The molecule has 0 atom stereocenters. The van der Waals surface area contributed by atoms with Gasteiger partial charge >= 0.3 is 0 Å². The number of anilines is 1. The Hall–Kier alpha value is -1.69. The van der Waals surface area contributed by atoms with Crippen LogP contribution in [0.3, 0.4) is 0 Å². The molecule has 0 saturated heterocycles. The molecule has 6 nitrogen and oxygen atoms in total. The van der Waals surface area contributed by atoms with E-state index in [0.29, 0.717) is 0 Å². The predicted octanol–water partition coefficient (Wildman–Crippen LogP) is 2.85. The van der Waals surface area contributed by atoms with Gasteiger partial charge in [-0.3, -0.25) is 0 Å². The zero-order valence-corrected chi connectivity index (χ0v) is 15.6. The van der Waals surface area contributed by atoms with Crippen LogP contribution in [-0.4, -0.2) is 51.6 Å². The summed E-state index contributed by atoms with van der Waals surface area (Å²) in [7, 11) is 4.20. The van der Waals surface area contributed by atoms with Gasteiger partial charge in [-0.05, 0) is 39.8 Å². The van der Waals surface area contributed by atoms with Crippen molar-refractivity contribution in [3.63, 3.8) is 0 Å². The van der Waals surface area contributed by atoms with Crippen LogP contribution in [0.4, 0.5) is 5.82 Å². The summed E-state index contributed by atoms with van der Waals surface area (Å²) in [6, 6.07) is 0. The summed E-state index contributed by atoms with van der Waals surface area (Å²) in [5.74, 6) is 2.62. The van der Waals surface area contributed by atoms with E-state index in [1.54, 1.807) is 0 Å². The highest BCUT2D eigenvalue weighted by Crippen LogP contribution is 2.23. The molecule has 2 heterocycles. The van der Waals surface area contributed by atoms with Crippen LogP contribution < -0.4 is 5.32 Å². The zero-order valence-electron chi connectivity index (χ0n) is 15.6. The second-order valence-corrected chi connectivity index (χ2v) is 7.36. The highest BCUT2D eigenvalue weighted by Gasteiger charge is 2.21. The van der Waals surface area contributed by atoms with E-state index in [2.05, 4.69) is 59.6 Å². The molecule has 0 amide bonds. The fraction of sp³-hybridized carbons (Fsp3) is 0.706. The third-order valence-electron chi connectivity index (χ3n) is 3.82. The molecule has 23 heavy (non-hydrogen) atoms. The second-order valence-electron chi connectivity index (χ2n) is 7.36. The van der Waals surface area contributed by atoms with E-state index >= 15 is 0 Å². The summed E-state index contributed by atoms with van der Waals surface area (Å²) < 4.78 is 2.18. The van der Waals surface area contributed by atoms with Gasteiger partial charge in [0, 0.05) is 19.6 Å². The van der Waals surface area contributed by atoms with Gasteiger partial charge < -0.3 is 14.8 Å². The number of hydrogen-bond donors (Lipinski definition) is 1. The molecule has 2 aromatic heterocycles. The summed E-state index contributed by atoms with van der Waals surface area (Å²) >= 11 is 0. The predicted molar refractivity (Wildman–Crippen MR) is 95.9 cm³/mol. The maximum absolute atomic E-state index is 4.70. The van der Waals surface area contributed by atoms with Crippen molar-refractivity contribution in [1.29, 1.82) is 0 Å². The average Bonchev–Trinajstić information content (AvgIpc) is 2.72. The van der Waals surface area contributed by atoms with Crippen molar-refractivity contribution < 1.29 is 0 Å². The molecule has 0 aliphatic heterocycles. The lowest BCUT2D eigenvalue weighted by Gasteiger charge is -2.28. The minimum absolute atomic E-state index is 0.149. The van der Waals surface area contributed by atoms with Crippen molar-refractivity contribution in [2.24, 2.45) is 5.41 Å². The van der Waals surface area contributed by atoms with Crippen LogP contribution in [0, 0.1) is 19.3 Å². The van der Waals surface area contributed by atoms with E-state index in [9.17, 15) is 0 Å². The largest absolute Gasteiger partial charge is 0.368 e. The van der Waals surface area contributed by atoms with Crippen LogP contribution in [0.15, 0.2) is 0 Å². The Bertz CT molecular complexity index is 671. The van der Waals surface area contributed by atoms with Crippen molar-refractivity contribution in [3.8, 4) is 0 Å². The monoisotopic (exact) mass is 318 g/mol. The van der Waals surface area contributed by atoms with E-state index < -0.39 is 0 Å². The molecule has 0 saturated carbocycles. The molecule has 0 spiro atoms. The quantitative estimate of drug-likeness (QED) is 0.850. The third-order valence-corrected chi connectivity index (χ3v) is 3.82. The van der Waals surface area contributed by atoms with Gasteiger partial charge in [0.15, 0.2) is 17.0 Å². The number of nitrogens with zero attached hydrogens (tertiary/aromatic N) is 5. The van der Waals surface area contributed by atoms with Gasteiger partial charge in [-0.15, -0.1) is 0 Å². The van der Waals surface area contributed by atoms with Gasteiger partial charge in [-0.2, -0.15) is 0 Å². The number of nitrogens with one attached hydrogen (secondary N) is 1. The van der Waals surface area contributed by atoms with E-state index in [4.69, 9.17) is 4.98 Å². The minimum Gasteiger partial charge on any atom is -0.368 e. The minimum atomic E-state index is 0.149. The smallest absolute Gasteiger partial charge is 0.165 e. The van der Waals surface area contributed by atoms with Crippen molar-refractivity contribution in [1.82, 2.24) is 24.4 Å². The standard InChI is InChI=1S/C17H30N6/c1-8-9-23-13(3)21-14-15(19-12(2)20-16(14)23)18-10-17(4,5)11-22(6)7/h8-11H2,1-7H3,(H,18,19,20). The van der Waals surface area contributed by atoms with Gasteiger partial charge in [-0.25, -0.2) is 15.0 Å². The van der Waals surface area contributed by atoms with E-state index in [0.717, 1.165) is 54.7 Å². The van der Waals surface area contributed by atoms with Crippen LogP contribution >= 0.6 is 0 Å². The fourth-order valence-electron chi connectivity index (χ4n) is 3.07. The van der Waals surface area contributed by atoms with Crippen LogP contribution in [-0.2, 0) is 6.54 Å². The van der Waals surface area contributed by atoms with Crippen molar-refractivity contribution in [2.45, 2.75) is 47.6 Å². The number of aryl methyl sites for hydroxylation is 3. The number of aromatic nitrogens is 4. The lowest BCUT2D eigenvalue weighted by molar-refractivity contribution is 0.254. The SMILES string of the molecule is CCCn1c(C)nc2c(NCC(C)(C)CN(C)C)nc(C)nc21. The Morgan fingerprint density at radius 1 is 1.13 bits per heavy atom. The van der Waals surface area contributed by atoms with Crippen molar-refractivity contribution in [2.75, 3.05) is 32.5 Å². The summed E-state index contributed by atoms with van der Waals surface area (Å²) in [6.07, 6.45) is 1.06. The van der Waals surface area contributed by atoms with Gasteiger partial charge in [0.2, 0.25) is 0 Å². The molecule has 0 aliphatic rings. The van der Waals surface area contributed by atoms with Crippen molar-refractivity contribution in [3.05, 3.63) is 11.6 Å². The highest BCUT2D eigenvalue weighted by atomic mass is 15.2. The lowest BCUT2D eigenvalue weighted by atomic mass is 9.93. The normalized spacial score (nSPS) is 12.3. The van der Waals surface area contributed by atoms with Crippen LogP contribution in [0.5, 0.6) is 0 Å². The zero-order chi connectivity index (χ0) is 17.2. The molecular weight excluding hydrogens is 288 g/mol. The van der Waals surface area contributed by atoms with Gasteiger partial charge in [0.1, 0.15) is 11.6 Å². The Kier molecular flexibility index (Phi) is 5.24. The summed E-state index contributed by atoms with van der Waals surface area (Å²) in [4.78, 5) is 16.1. The fourth-order valence-corrected chi connectivity index (χ4v) is 3.07. The molecule has 0 radical (unpaired) electrons. The molecule has 6 heteroatoms. The average molecular weight is 318 g/mol. The van der Waals surface area contributed by atoms with Gasteiger partial charge in [0.25, 0.3) is 0 Å². The maximum atomic E-state index is 4.70. The molecular formula is C17H30N6. The van der Waals surface area contributed by atoms with Gasteiger partial charge in [0.05, 0.1) is 0 Å². The molecule has 1 N–H and O–H groups in total. The highest BCUT2D eigenvalue weighted by molar-refractivity contribution is 5.83. The molecule has 2 rings (SSSR count). The first-order chi connectivity index (χ1) is 10.7. The second kappa shape index (κ2) is 6.83. The Balaban J connectivity index is 2.32. The molecule has 0 aromatic carbocycles. The molecule has 0 fully saturated rings.